The van der Waals surface area contributed by atoms with Crippen LogP contribution in [0.1, 0.15) is 32.6 Å². The number of hydrogen-bond donors (Lipinski definition) is 1. The first-order chi connectivity index (χ1) is 11.2. The lowest BCUT2D eigenvalue weighted by atomic mass is 10.2. The summed E-state index contributed by atoms with van der Waals surface area (Å²) in [4.78, 5) is 11.8. The molecule has 124 valence electrons. The van der Waals surface area contributed by atoms with Crippen molar-refractivity contribution in [3.8, 4) is 5.69 Å². The smallest absolute Gasteiger partial charge is 0.230 e. The molecule has 1 amide bonds. The summed E-state index contributed by atoms with van der Waals surface area (Å²) in [5.41, 5.74) is 0.768. The molecule has 8 heteroatoms. The van der Waals surface area contributed by atoms with Crippen molar-refractivity contribution in [1.29, 1.82) is 0 Å². The van der Waals surface area contributed by atoms with Crippen LogP contribution in [0.3, 0.4) is 0 Å². The van der Waals surface area contributed by atoms with Gasteiger partial charge in [0, 0.05) is 11.6 Å². The molecule has 2 aromatic rings. The van der Waals surface area contributed by atoms with E-state index in [4.69, 9.17) is 11.6 Å². The fourth-order valence-corrected chi connectivity index (χ4v) is 2.90. The Morgan fingerprint density at radius 1 is 1.35 bits per heavy atom. The van der Waals surface area contributed by atoms with Gasteiger partial charge in [0.05, 0.1) is 11.4 Å². The molecule has 0 bridgehead atoms. The van der Waals surface area contributed by atoms with Crippen LogP contribution in [-0.2, 0) is 4.79 Å². The number of thioether (sulfide) groups is 1. The minimum absolute atomic E-state index is 0.00728. The molecular weight excluding hydrogens is 334 g/mol. The molecule has 23 heavy (non-hydrogen) atoms. The zero-order valence-corrected chi connectivity index (χ0v) is 14.6. The molecule has 0 saturated carbocycles. The van der Waals surface area contributed by atoms with Crippen LogP contribution in [0.5, 0.6) is 0 Å². The number of halogens is 1. The lowest BCUT2D eigenvalue weighted by Gasteiger charge is -2.06. The normalized spacial score (nSPS) is 10.7. The third-order valence-electron chi connectivity index (χ3n) is 3.18. The summed E-state index contributed by atoms with van der Waals surface area (Å²) in [7, 11) is 0. The van der Waals surface area contributed by atoms with E-state index < -0.39 is 0 Å². The average molecular weight is 354 g/mol. The Labute approximate surface area is 145 Å². The summed E-state index contributed by atoms with van der Waals surface area (Å²) < 4.78 is 1.57. The number of hydrogen-bond acceptors (Lipinski definition) is 5. The summed E-state index contributed by atoms with van der Waals surface area (Å²) in [5, 5.41) is 15.7. The number of unbranched alkanes of at least 4 members (excludes halogenated alkanes) is 3. The second-order valence-corrected chi connectivity index (χ2v) is 6.43. The maximum atomic E-state index is 11.8. The number of carbonyl (C=O) groups excluding carboxylic acids is 1. The first-order valence-electron chi connectivity index (χ1n) is 7.64. The van der Waals surface area contributed by atoms with Crippen LogP contribution >= 0.6 is 23.4 Å². The molecule has 0 unspecified atom stereocenters. The summed E-state index contributed by atoms with van der Waals surface area (Å²) in [6, 6.07) is 7.25. The van der Waals surface area contributed by atoms with Crippen LogP contribution in [0.15, 0.2) is 29.4 Å². The molecular formula is C15H20ClN5OS. The van der Waals surface area contributed by atoms with Gasteiger partial charge in [0.15, 0.2) is 0 Å². The van der Waals surface area contributed by atoms with E-state index in [1.54, 1.807) is 16.8 Å². The molecule has 0 fully saturated rings. The summed E-state index contributed by atoms with van der Waals surface area (Å²) in [6.45, 7) is 2.89. The molecule has 1 aromatic heterocycles. The number of nitrogens with one attached hydrogen (secondary N) is 1. The molecule has 0 radical (unpaired) electrons. The molecule has 0 aliphatic heterocycles. The molecule has 6 nitrogen and oxygen atoms in total. The van der Waals surface area contributed by atoms with Gasteiger partial charge in [-0.1, -0.05) is 55.6 Å². The monoisotopic (exact) mass is 353 g/mol. The molecule has 2 rings (SSSR count). The van der Waals surface area contributed by atoms with E-state index in [0.717, 1.165) is 25.1 Å². The van der Waals surface area contributed by atoms with Crippen molar-refractivity contribution < 1.29 is 4.79 Å². The summed E-state index contributed by atoms with van der Waals surface area (Å²) >= 11 is 7.28. The van der Waals surface area contributed by atoms with Gasteiger partial charge in [-0.15, -0.1) is 5.10 Å². The maximum absolute atomic E-state index is 11.8. The molecule has 1 N–H and O–H groups in total. The standard InChI is InChI=1S/C15H20ClN5OS/c1-2-3-4-5-9-17-14(22)11-23-15-18-19-20-21(15)13-8-6-7-12(16)10-13/h6-8,10H,2-5,9,11H2,1H3,(H,17,22). The van der Waals surface area contributed by atoms with Crippen LogP contribution in [0, 0.1) is 0 Å². The summed E-state index contributed by atoms with van der Waals surface area (Å²) in [6.07, 6.45) is 4.57. The quantitative estimate of drug-likeness (QED) is 0.554. The van der Waals surface area contributed by atoms with Gasteiger partial charge in [-0.3, -0.25) is 4.79 Å². The van der Waals surface area contributed by atoms with Crippen molar-refractivity contribution in [3.63, 3.8) is 0 Å². The van der Waals surface area contributed by atoms with Crippen molar-refractivity contribution >= 4 is 29.3 Å². The van der Waals surface area contributed by atoms with E-state index in [1.165, 1.54) is 24.6 Å². The second-order valence-electron chi connectivity index (χ2n) is 5.05. The van der Waals surface area contributed by atoms with E-state index in [1.807, 2.05) is 12.1 Å². The van der Waals surface area contributed by atoms with E-state index in [-0.39, 0.29) is 11.7 Å². The van der Waals surface area contributed by atoms with Crippen LogP contribution in [0.25, 0.3) is 5.69 Å². The van der Waals surface area contributed by atoms with E-state index >= 15 is 0 Å². The van der Waals surface area contributed by atoms with Gasteiger partial charge < -0.3 is 5.32 Å². The molecule has 0 saturated heterocycles. The number of carbonyl (C=O) groups is 1. The van der Waals surface area contributed by atoms with Gasteiger partial charge >= 0.3 is 0 Å². The van der Waals surface area contributed by atoms with Gasteiger partial charge in [-0.2, -0.15) is 4.68 Å². The molecule has 0 aliphatic carbocycles. The Balaban J connectivity index is 1.83. The van der Waals surface area contributed by atoms with Crippen molar-refractivity contribution in [2.75, 3.05) is 12.3 Å². The lowest BCUT2D eigenvalue weighted by molar-refractivity contribution is -0.118. The van der Waals surface area contributed by atoms with Crippen LogP contribution in [-0.4, -0.2) is 38.4 Å². The molecule has 1 heterocycles. The van der Waals surface area contributed by atoms with Gasteiger partial charge in [0.25, 0.3) is 0 Å². The van der Waals surface area contributed by atoms with Crippen LogP contribution < -0.4 is 5.32 Å². The molecule has 1 aromatic carbocycles. The average Bonchev–Trinajstić information content (AvgIpc) is 3.01. The number of aromatic nitrogens is 4. The minimum Gasteiger partial charge on any atom is -0.355 e. The number of benzene rings is 1. The van der Waals surface area contributed by atoms with Crippen LogP contribution in [0.2, 0.25) is 5.02 Å². The van der Waals surface area contributed by atoms with Crippen molar-refractivity contribution in [3.05, 3.63) is 29.3 Å². The lowest BCUT2D eigenvalue weighted by Crippen LogP contribution is -2.26. The Morgan fingerprint density at radius 2 is 2.22 bits per heavy atom. The molecule has 0 spiro atoms. The number of nitrogens with zero attached hydrogens (tertiary/aromatic N) is 4. The zero-order valence-electron chi connectivity index (χ0n) is 13.0. The Hall–Kier alpha value is -1.60. The Bertz CT molecular complexity index is 634. The SMILES string of the molecule is CCCCCCNC(=O)CSc1nnnn1-c1cccc(Cl)c1. The fourth-order valence-electron chi connectivity index (χ4n) is 2.00. The highest BCUT2D eigenvalue weighted by atomic mass is 35.5. The highest BCUT2D eigenvalue weighted by molar-refractivity contribution is 7.99. The van der Waals surface area contributed by atoms with Gasteiger partial charge in [0.2, 0.25) is 11.1 Å². The van der Waals surface area contributed by atoms with Gasteiger partial charge in [0.1, 0.15) is 0 Å². The Morgan fingerprint density at radius 3 is 3.00 bits per heavy atom. The summed E-state index contributed by atoms with van der Waals surface area (Å²) in [5.74, 6) is 0.279. The number of rotatable bonds is 9. The first-order valence-corrected chi connectivity index (χ1v) is 9.01. The second kappa shape index (κ2) is 9.52. The highest BCUT2D eigenvalue weighted by Gasteiger charge is 2.11. The van der Waals surface area contributed by atoms with E-state index in [0.29, 0.717) is 10.2 Å². The largest absolute Gasteiger partial charge is 0.355 e. The fraction of sp³-hybridized carbons (Fsp3) is 0.467. The van der Waals surface area contributed by atoms with Crippen molar-refractivity contribution in [2.24, 2.45) is 0 Å². The van der Waals surface area contributed by atoms with Crippen molar-refractivity contribution in [1.82, 2.24) is 25.5 Å². The molecule has 0 aliphatic rings. The van der Waals surface area contributed by atoms with Crippen molar-refractivity contribution in [2.45, 2.75) is 37.8 Å². The third-order valence-corrected chi connectivity index (χ3v) is 4.33. The van der Waals surface area contributed by atoms with Crippen LogP contribution in [0.4, 0.5) is 0 Å². The van der Waals surface area contributed by atoms with E-state index in [2.05, 4.69) is 27.8 Å². The predicted molar refractivity (Wildman–Crippen MR) is 92.0 cm³/mol. The minimum atomic E-state index is -0.00728. The first kappa shape index (κ1) is 17.7. The van der Waals surface area contributed by atoms with Gasteiger partial charge in [-0.25, -0.2) is 0 Å². The Kier molecular flexibility index (Phi) is 7.35. The predicted octanol–water partition coefficient (Wildman–Crippen LogP) is 3.10. The number of amides is 1. The van der Waals surface area contributed by atoms with E-state index in [9.17, 15) is 4.79 Å². The molecule has 0 atom stereocenters. The third kappa shape index (κ3) is 5.84. The topological polar surface area (TPSA) is 72.7 Å². The zero-order chi connectivity index (χ0) is 16.5. The van der Waals surface area contributed by atoms with Gasteiger partial charge in [-0.05, 0) is 35.0 Å². The highest BCUT2D eigenvalue weighted by Crippen LogP contribution is 2.20. The number of tetrazole rings is 1. The maximum Gasteiger partial charge on any atom is 0.230 e.